The highest BCUT2D eigenvalue weighted by Gasteiger charge is 2.22. The van der Waals surface area contributed by atoms with E-state index in [2.05, 4.69) is 29.3 Å². The highest BCUT2D eigenvalue weighted by molar-refractivity contribution is 5.43. The number of fused-ring (bicyclic) bond motifs is 1. The standard InChI is InChI=1S/C16H24N2O2/c1-2-18-7-3-4-14(18)12-17-11-13-5-6-15-16(10-13)20-9-8-19-15/h5-6,10,14,17H,2-4,7-9,11-12H2,1H3/t14-/m0/s1. The molecule has 2 heterocycles. The molecule has 0 unspecified atom stereocenters. The molecule has 4 nitrogen and oxygen atoms in total. The second kappa shape index (κ2) is 6.46. The third-order valence-corrected chi connectivity index (χ3v) is 4.22. The van der Waals surface area contributed by atoms with Gasteiger partial charge < -0.3 is 14.8 Å². The second-order valence-electron chi connectivity index (χ2n) is 5.53. The Balaban J connectivity index is 1.51. The summed E-state index contributed by atoms with van der Waals surface area (Å²) < 4.78 is 11.2. The van der Waals surface area contributed by atoms with Gasteiger partial charge >= 0.3 is 0 Å². The molecule has 0 radical (unpaired) electrons. The van der Waals surface area contributed by atoms with Crippen LogP contribution in [0.25, 0.3) is 0 Å². The van der Waals surface area contributed by atoms with Crippen molar-refractivity contribution in [2.75, 3.05) is 32.8 Å². The zero-order valence-electron chi connectivity index (χ0n) is 12.2. The largest absolute Gasteiger partial charge is 0.486 e. The first-order valence-electron chi connectivity index (χ1n) is 7.70. The number of nitrogens with zero attached hydrogens (tertiary/aromatic N) is 1. The van der Waals surface area contributed by atoms with Crippen LogP contribution in [0.2, 0.25) is 0 Å². The highest BCUT2D eigenvalue weighted by atomic mass is 16.6. The van der Waals surface area contributed by atoms with Crippen LogP contribution in [0.1, 0.15) is 25.3 Å². The van der Waals surface area contributed by atoms with E-state index >= 15 is 0 Å². The molecule has 0 aromatic heterocycles. The Labute approximate surface area is 121 Å². The van der Waals surface area contributed by atoms with Crippen molar-refractivity contribution in [3.63, 3.8) is 0 Å². The van der Waals surface area contributed by atoms with Crippen LogP contribution >= 0.6 is 0 Å². The number of hydrogen-bond donors (Lipinski definition) is 1. The molecule has 0 saturated carbocycles. The Kier molecular flexibility index (Phi) is 4.43. The molecule has 4 heteroatoms. The van der Waals surface area contributed by atoms with Crippen LogP contribution in [-0.2, 0) is 6.54 Å². The van der Waals surface area contributed by atoms with E-state index in [9.17, 15) is 0 Å². The molecule has 0 spiro atoms. The van der Waals surface area contributed by atoms with Crippen molar-refractivity contribution in [3.05, 3.63) is 23.8 Å². The molecule has 0 bridgehead atoms. The molecule has 20 heavy (non-hydrogen) atoms. The minimum atomic E-state index is 0.650. The van der Waals surface area contributed by atoms with Crippen molar-refractivity contribution in [1.29, 1.82) is 0 Å². The first-order valence-corrected chi connectivity index (χ1v) is 7.70. The zero-order chi connectivity index (χ0) is 13.8. The van der Waals surface area contributed by atoms with Crippen LogP contribution < -0.4 is 14.8 Å². The van der Waals surface area contributed by atoms with Crippen molar-refractivity contribution < 1.29 is 9.47 Å². The van der Waals surface area contributed by atoms with E-state index in [4.69, 9.17) is 9.47 Å². The lowest BCUT2D eigenvalue weighted by Crippen LogP contribution is -2.37. The monoisotopic (exact) mass is 276 g/mol. The maximum Gasteiger partial charge on any atom is 0.161 e. The van der Waals surface area contributed by atoms with E-state index in [0.717, 1.165) is 31.1 Å². The van der Waals surface area contributed by atoms with Crippen molar-refractivity contribution >= 4 is 0 Å². The molecule has 2 aliphatic heterocycles. The summed E-state index contributed by atoms with van der Waals surface area (Å²) in [4.78, 5) is 2.57. The van der Waals surface area contributed by atoms with Gasteiger partial charge in [0.15, 0.2) is 11.5 Å². The summed E-state index contributed by atoms with van der Waals surface area (Å²) in [5.41, 5.74) is 1.26. The average Bonchev–Trinajstić information content (AvgIpc) is 2.95. The minimum Gasteiger partial charge on any atom is -0.486 e. The molecular formula is C16H24N2O2. The molecule has 1 aromatic rings. The lowest BCUT2D eigenvalue weighted by molar-refractivity contribution is 0.171. The van der Waals surface area contributed by atoms with Gasteiger partial charge in [0.2, 0.25) is 0 Å². The average molecular weight is 276 g/mol. The van der Waals surface area contributed by atoms with Gasteiger partial charge in [-0.2, -0.15) is 0 Å². The summed E-state index contributed by atoms with van der Waals surface area (Å²) in [7, 11) is 0. The molecule has 1 fully saturated rings. The van der Waals surface area contributed by atoms with Gasteiger partial charge in [-0.3, -0.25) is 4.90 Å². The van der Waals surface area contributed by atoms with Gasteiger partial charge in [-0.15, -0.1) is 0 Å². The lowest BCUT2D eigenvalue weighted by atomic mass is 10.1. The van der Waals surface area contributed by atoms with Crippen molar-refractivity contribution in [2.45, 2.75) is 32.4 Å². The third-order valence-electron chi connectivity index (χ3n) is 4.22. The highest BCUT2D eigenvalue weighted by Crippen LogP contribution is 2.30. The number of hydrogen-bond acceptors (Lipinski definition) is 4. The summed E-state index contributed by atoms with van der Waals surface area (Å²) in [6.07, 6.45) is 2.66. The fourth-order valence-corrected chi connectivity index (χ4v) is 3.12. The molecule has 1 aromatic carbocycles. The van der Waals surface area contributed by atoms with Crippen LogP contribution in [0.5, 0.6) is 11.5 Å². The Morgan fingerprint density at radius 3 is 2.95 bits per heavy atom. The van der Waals surface area contributed by atoms with Crippen LogP contribution in [0.3, 0.4) is 0 Å². The Bertz CT molecular complexity index is 450. The molecule has 3 rings (SSSR count). The van der Waals surface area contributed by atoms with E-state index < -0.39 is 0 Å². The first kappa shape index (κ1) is 13.7. The van der Waals surface area contributed by atoms with Crippen LogP contribution in [0, 0.1) is 0 Å². The van der Waals surface area contributed by atoms with Crippen LogP contribution in [-0.4, -0.2) is 43.8 Å². The topological polar surface area (TPSA) is 33.7 Å². The normalized spacial score (nSPS) is 22.1. The van der Waals surface area contributed by atoms with Crippen LogP contribution in [0.4, 0.5) is 0 Å². The molecule has 1 saturated heterocycles. The summed E-state index contributed by atoms with van der Waals surface area (Å²) in [5, 5.41) is 3.58. The van der Waals surface area contributed by atoms with Gasteiger partial charge in [0, 0.05) is 19.1 Å². The predicted octanol–water partition coefficient (Wildman–Crippen LogP) is 2.03. The van der Waals surface area contributed by atoms with E-state index in [1.807, 2.05) is 6.07 Å². The number of likely N-dealkylation sites (tertiary alicyclic amines) is 1. The Morgan fingerprint density at radius 1 is 1.25 bits per heavy atom. The first-order chi connectivity index (χ1) is 9.86. The zero-order valence-corrected chi connectivity index (χ0v) is 12.2. The summed E-state index contributed by atoms with van der Waals surface area (Å²) >= 11 is 0. The summed E-state index contributed by atoms with van der Waals surface area (Å²) in [6, 6.07) is 6.93. The van der Waals surface area contributed by atoms with E-state index in [1.165, 1.54) is 24.9 Å². The van der Waals surface area contributed by atoms with Crippen molar-refractivity contribution in [3.8, 4) is 11.5 Å². The van der Waals surface area contributed by atoms with Gasteiger partial charge in [-0.1, -0.05) is 13.0 Å². The maximum atomic E-state index is 5.62. The predicted molar refractivity (Wildman–Crippen MR) is 79.4 cm³/mol. The number of nitrogens with one attached hydrogen (secondary N) is 1. The smallest absolute Gasteiger partial charge is 0.161 e. The fraction of sp³-hybridized carbons (Fsp3) is 0.625. The third kappa shape index (κ3) is 3.07. The Morgan fingerprint density at radius 2 is 2.10 bits per heavy atom. The lowest BCUT2D eigenvalue weighted by Gasteiger charge is -2.23. The van der Waals surface area contributed by atoms with Gasteiger partial charge in [-0.25, -0.2) is 0 Å². The second-order valence-corrected chi connectivity index (χ2v) is 5.53. The molecule has 0 amide bonds. The number of ether oxygens (including phenoxy) is 2. The molecule has 110 valence electrons. The van der Waals surface area contributed by atoms with Crippen molar-refractivity contribution in [1.82, 2.24) is 10.2 Å². The van der Waals surface area contributed by atoms with Gasteiger partial charge in [-0.05, 0) is 43.6 Å². The molecular weight excluding hydrogens is 252 g/mol. The Hall–Kier alpha value is -1.26. The molecule has 2 aliphatic rings. The van der Waals surface area contributed by atoms with Crippen molar-refractivity contribution in [2.24, 2.45) is 0 Å². The quantitative estimate of drug-likeness (QED) is 0.892. The van der Waals surface area contributed by atoms with E-state index in [1.54, 1.807) is 0 Å². The van der Waals surface area contributed by atoms with Crippen LogP contribution in [0.15, 0.2) is 18.2 Å². The van der Waals surface area contributed by atoms with Gasteiger partial charge in [0.05, 0.1) is 0 Å². The van der Waals surface area contributed by atoms with Gasteiger partial charge in [0.1, 0.15) is 13.2 Å². The molecule has 0 aliphatic carbocycles. The SMILES string of the molecule is CCN1CCC[C@H]1CNCc1ccc2c(c1)OCCO2. The summed E-state index contributed by atoms with van der Waals surface area (Å²) in [6.45, 7) is 7.94. The number of rotatable bonds is 5. The summed E-state index contributed by atoms with van der Waals surface area (Å²) in [5.74, 6) is 1.75. The minimum absolute atomic E-state index is 0.650. The van der Waals surface area contributed by atoms with Gasteiger partial charge in [0.25, 0.3) is 0 Å². The maximum absolute atomic E-state index is 5.62. The van der Waals surface area contributed by atoms with E-state index in [0.29, 0.717) is 19.3 Å². The molecule has 1 N–H and O–H groups in total. The fourth-order valence-electron chi connectivity index (χ4n) is 3.12. The number of benzene rings is 1. The number of likely N-dealkylation sites (N-methyl/N-ethyl adjacent to an activating group) is 1. The van der Waals surface area contributed by atoms with E-state index in [-0.39, 0.29) is 0 Å². The molecule has 1 atom stereocenters.